The zero-order valence-electron chi connectivity index (χ0n) is 17.0. The third-order valence-corrected chi connectivity index (χ3v) is 6.27. The number of likely N-dealkylation sites (tertiary alicyclic amines) is 1. The molecule has 2 saturated heterocycles. The minimum atomic E-state index is -0.905. The molecule has 0 aromatic carbocycles. The Morgan fingerprint density at radius 3 is 2.44 bits per heavy atom. The molecule has 0 aliphatic carbocycles. The lowest BCUT2D eigenvalue weighted by molar-refractivity contribution is -0.136. The van der Waals surface area contributed by atoms with E-state index in [1.54, 1.807) is 6.20 Å². The summed E-state index contributed by atoms with van der Waals surface area (Å²) in [5.74, 6) is 0.217. The van der Waals surface area contributed by atoms with Crippen molar-refractivity contribution >= 4 is 5.91 Å². The van der Waals surface area contributed by atoms with E-state index in [-0.39, 0.29) is 5.91 Å². The minimum Gasteiger partial charge on any atom is -0.383 e. The van der Waals surface area contributed by atoms with E-state index in [0.717, 1.165) is 43.9 Å². The summed E-state index contributed by atoms with van der Waals surface area (Å²) in [4.78, 5) is 23.8. The van der Waals surface area contributed by atoms with Crippen molar-refractivity contribution in [3.05, 3.63) is 29.6 Å². The van der Waals surface area contributed by atoms with Gasteiger partial charge in [-0.3, -0.25) is 14.7 Å². The van der Waals surface area contributed by atoms with Crippen LogP contribution in [0.2, 0.25) is 0 Å². The number of rotatable bonds is 5. The first-order chi connectivity index (χ1) is 12.9. The van der Waals surface area contributed by atoms with Crippen molar-refractivity contribution in [1.82, 2.24) is 19.7 Å². The Kier molecular flexibility index (Phi) is 6.50. The fourth-order valence-electron chi connectivity index (χ4n) is 4.06. The second-order valence-corrected chi connectivity index (χ2v) is 8.36. The fraction of sp³-hybridized carbons (Fsp3) is 0.714. The molecule has 1 aromatic heterocycles. The number of carbonyl (C=O) groups is 1. The second kappa shape index (κ2) is 8.67. The van der Waals surface area contributed by atoms with Gasteiger partial charge in [-0.1, -0.05) is 6.07 Å². The molecule has 2 aliphatic heterocycles. The number of aromatic nitrogens is 1. The molecule has 1 aromatic rings. The number of nitrogens with zero attached hydrogens (tertiary/aromatic N) is 4. The van der Waals surface area contributed by atoms with Crippen LogP contribution in [0.15, 0.2) is 18.3 Å². The number of likely N-dealkylation sites (N-methyl/N-ethyl adjacent to an activating group) is 1. The standard InChI is InChI=1S/C21H34N4O2/c1-17-4-6-19(22-16-17)21(27)8-10-25(11-9-21)20(26)7-5-18(2)24-14-12-23(3)13-15-24/h4,6,16,18,27H,5,7-15H2,1-3H3. The van der Waals surface area contributed by atoms with Crippen molar-refractivity contribution in [3.63, 3.8) is 0 Å². The summed E-state index contributed by atoms with van der Waals surface area (Å²) in [6.07, 6.45) is 4.41. The number of piperazine rings is 1. The van der Waals surface area contributed by atoms with Crippen LogP contribution in [-0.2, 0) is 10.4 Å². The minimum absolute atomic E-state index is 0.217. The lowest BCUT2D eigenvalue weighted by atomic mass is 9.87. The van der Waals surface area contributed by atoms with Gasteiger partial charge in [0.05, 0.1) is 5.69 Å². The van der Waals surface area contributed by atoms with Crippen molar-refractivity contribution in [2.24, 2.45) is 0 Å². The van der Waals surface area contributed by atoms with Crippen LogP contribution >= 0.6 is 0 Å². The molecule has 6 nitrogen and oxygen atoms in total. The number of hydrogen-bond acceptors (Lipinski definition) is 5. The lowest BCUT2D eigenvalue weighted by Gasteiger charge is -2.39. The normalized spacial score (nSPS) is 22.6. The molecule has 3 rings (SSSR count). The summed E-state index contributed by atoms with van der Waals surface area (Å²) in [5, 5.41) is 10.9. The molecule has 2 fully saturated rings. The molecule has 0 bridgehead atoms. The smallest absolute Gasteiger partial charge is 0.222 e. The van der Waals surface area contributed by atoms with Crippen molar-refractivity contribution in [3.8, 4) is 0 Å². The third kappa shape index (κ3) is 5.06. The molecular formula is C21H34N4O2. The van der Waals surface area contributed by atoms with E-state index >= 15 is 0 Å². The van der Waals surface area contributed by atoms with Crippen LogP contribution in [0.3, 0.4) is 0 Å². The van der Waals surface area contributed by atoms with Gasteiger partial charge in [0, 0.05) is 57.9 Å². The summed E-state index contributed by atoms with van der Waals surface area (Å²) in [5.41, 5.74) is 0.908. The maximum Gasteiger partial charge on any atom is 0.222 e. The molecule has 1 N–H and O–H groups in total. The first-order valence-corrected chi connectivity index (χ1v) is 10.2. The van der Waals surface area contributed by atoms with Crippen LogP contribution in [0, 0.1) is 6.92 Å². The molecule has 2 aliphatic rings. The number of aryl methyl sites for hydroxylation is 1. The highest BCUT2D eigenvalue weighted by Crippen LogP contribution is 2.32. The monoisotopic (exact) mass is 374 g/mol. The fourth-order valence-corrected chi connectivity index (χ4v) is 4.06. The molecule has 3 heterocycles. The Hall–Kier alpha value is -1.50. The van der Waals surface area contributed by atoms with Crippen LogP contribution in [0.1, 0.15) is 43.9 Å². The summed E-state index contributed by atoms with van der Waals surface area (Å²) in [6, 6.07) is 4.34. The van der Waals surface area contributed by atoms with Gasteiger partial charge in [0.25, 0.3) is 0 Å². The van der Waals surface area contributed by atoms with Gasteiger partial charge in [-0.15, -0.1) is 0 Å². The Balaban J connectivity index is 1.45. The van der Waals surface area contributed by atoms with Crippen molar-refractivity contribution < 1.29 is 9.90 Å². The molecule has 1 atom stereocenters. The SMILES string of the molecule is Cc1ccc(C2(O)CCN(C(=O)CCC(C)N3CCN(C)CC3)CC2)nc1. The first kappa shape index (κ1) is 20.2. The molecule has 6 heteroatoms. The van der Waals surface area contributed by atoms with Crippen LogP contribution < -0.4 is 0 Å². The van der Waals surface area contributed by atoms with E-state index in [1.807, 2.05) is 24.0 Å². The highest BCUT2D eigenvalue weighted by Gasteiger charge is 2.36. The Labute approximate surface area is 163 Å². The van der Waals surface area contributed by atoms with Gasteiger partial charge in [0.15, 0.2) is 0 Å². The summed E-state index contributed by atoms with van der Waals surface area (Å²) in [7, 11) is 2.16. The average Bonchev–Trinajstić information content (AvgIpc) is 2.67. The molecule has 0 saturated carbocycles. The molecular weight excluding hydrogens is 340 g/mol. The van der Waals surface area contributed by atoms with E-state index in [1.165, 1.54) is 0 Å². The van der Waals surface area contributed by atoms with E-state index in [4.69, 9.17) is 0 Å². The Morgan fingerprint density at radius 2 is 1.85 bits per heavy atom. The molecule has 1 unspecified atom stereocenters. The number of carbonyl (C=O) groups excluding carboxylic acids is 1. The predicted molar refractivity (Wildman–Crippen MR) is 106 cm³/mol. The summed E-state index contributed by atoms with van der Waals surface area (Å²) < 4.78 is 0. The number of amides is 1. The van der Waals surface area contributed by atoms with E-state index in [9.17, 15) is 9.90 Å². The molecule has 0 radical (unpaired) electrons. The van der Waals surface area contributed by atoms with Crippen molar-refractivity contribution in [2.75, 3.05) is 46.3 Å². The molecule has 1 amide bonds. The van der Waals surface area contributed by atoms with Crippen LogP contribution in [0.25, 0.3) is 0 Å². The van der Waals surface area contributed by atoms with Crippen LogP contribution in [-0.4, -0.2) is 83.1 Å². The summed E-state index contributed by atoms with van der Waals surface area (Å²) >= 11 is 0. The van der Waals surface area contributed by atoms with Crippen LogP contribution in [0.5, 0.6) is 0 Å². The average molecular weight is 375 g/mol. The Bertz CT molecular complexity index is 618. The van der Waals surface area contributed by atoms with Gasteiger partial charge >= 0.3 is 0 Å². The quantitative estimate of drug-likeness (QED) is 0.849. The second-order valence-electron chi connectivity index (χ2n) is 8.36. The highest BCUT2D eigenvalue weighted by molar-refractivity contribution is 5.76. The van der Waals surface area contributed by atoms with Crippen LogP contribution in [0.4, 0.5) is 0 Å². The summed E-state index contributed by atoms with van der Waals surface area (Å²) in [6.45, 7) is 9.83. The third-order valence-electron chi connectivity index (χ3n) is 6.27. The maximum absolute atomic E-state index is 12.6. The van der Waals surface area contributed by atoms with Crippen molar-refractivity contribution in [2.45, 2.75) is 51.2 Å². The molecule has 27 heavy (non-hydrogen) atoms. The largest absolute Gasteiger partial charge is 0.383 e. The van der Waals surface area contributed by atoms with E-state index < -0.39 is 5.60 Å². The van der Waals surface area contributed by atoms with Gasteiger partial charge in [0.2, 0.25) is 5.91 Å². The van der Waals surface area contributed by atoms with E-state index in [0.29, 0.717) is 38.4 Å². The number of pyridine rings is 1. The van der Waals surface area contributed by atoms with Gasteiger partial charge in [0.1, 0.15) is 5.60 Å². The van der Waals surface area contributed by atoms with Gasteiger partial charge in [-0.25, -0.2) is 0 Å². The first-order valence-electron chi connectivity index (χ1n) is 10.2. The zero-order valence-corrected chi connectivity index (χ0v) is 17.0. The van der Waals surface area contributed by atoms with Crippen molar-refractivity contribution in [1.29, 1.82) is 0 Å². The van der Waals surface area contributed by atoms with Gasteiger partial charge in [-0.05, 0) is 51.8 Å². The van der Waals surface area contributed by atoms with Gasteiger partial charge < -0.3 is 14.9 Å². The lowest BCUT2D eigenvalue weighted by Crippen LogP contribution is -2.48. The van der Waals surface area contributed by atoms with E-state index in [2.05, 4.69) is 28.8 Å². The number of piperidine rings is 1. The molecule has 0 spiro atoms. The Morgan fingerprint density at radius 1 is 1.19 bits per heavy atom. The zero-order chi connectivity index (χ0) is 19.4. The number of hydrogen-bond donors (Lipinski definition) is 1. The van der Waals surface area contributed by atoms with Gasteiger partial charge in [-0.2, -0.15) is 0 Å². The predicted octanol–water partition coefficient (Wildman–Crippen LogP) is 1.62. The number of aliphatic hydroxyl groups is 1. The topological polar surface area (TPSA) is 59.9 Å². The highest BCUT2D eigenvalue weighted by atomic mass is 16.3. The maximum atomic E-state index is 12.6. The molecule has 150 valence electrons.